The summed E-state index contributed by atoms with van der Waals surface area (Å²) in [5.41, 5.74) is 0.242. The van der Waals surface area contributed by atoms with Crippen molar-refractivity contribution in [2.45, 2.75) is 72.8 Å². The molecule has 1 N–H and O–H groups in total. The highest BCUT2D eigenvalue weighted by Gasteiger charge is 2.48. The Morgan fingerprint density at radius 3 is 2.15 bits per heavy atom. The number of likely N-dealkylation sites (tertiary alicyclic amines) is 1. The Morgan fingerprint density at radius 1 is 1.20 bits per heavy atom. The molecule has 1 aliphatic heterocycles. The van der Waals surface area contributed by atoms with E-state index in [1.54, 1.807) is 0 Å². The summed E-state index contributed by atoms with van der Waals surface area (Å²) in [6.07, 6.45) is 5.24. The minimum Gasteiger partial charge on any atom is -0.481 e. The van der Waals surface area contributed by atoms with Gasteiger partial charge in [0.15, 0.2) is 0 Å². The van der Waals surface area contributed by atoms with Gasteiger partial charge in [0.25, 0.3) is 0 Å². The van der Waals surface area contributed by atoms with E-state index >= 15 is 0 Å². The Labute approximate surface area is 123 Å². The average Bonchev–Trinajstić information content (AvgIpc) is 2.70. The van der Waals surface area contributed by atoms with Crippen LogP contribution in [0.1, 0.15) is 66.7 Å². The Morgan fingerprint density at radius 2 is 1.75 bits per heavy atom. The van der Waals surface area contributed by atoms with Crippen LogP contribution < -0.4 is 0 Å². The number of hydrogen-bond acceptors (Lipinski definition) is 2. The van der Waals surface area contributed by atoms with Gasteiger partial charge in [-0.1, -0.05) is 34.6 Å². The lowest BCUT2D eigenvalue weighted by Gasteiger charge is -2.48. The van der Waals surface area contributed by atoms with Crippen molar-refractivity contribution in [3.05, 3.63) is 0 Å². The van der Waals surface area contributed by atoms with Gasteiger partial charge in [-0.15, -0.1) is 0 Å². The van der Waals surface area contributed by atoms with Gasteiger partial charge < -0.3 is 5.11 Å². The fourth-order valence-electron chi connectivity index (χ4n) is 4.88. The Bertz CT molecular complexity index is 372. The van der Waals surface area contributed by atoms with Gasteiger partial charge in [-0.3, -0.25) is 9.69 Å². The molecule has 1 atom stereocenters. The Hall–Kier alpha value is -0.570. The van der Waals surface area contributed by atoms with E-state index in [1.165, 1.54) is 19.3 Å². The third kappa shape index (κ3) is 3.03. The molecular formula is C17H31NO2. The SMILES string of the molecule is CCC1(C(=O)O)CCN(C2CC(C)(C)CC(C)(C)C2)C1. The molecule has 0 spiro atoms. The standard InChI is InChI=1S/C17H31NO2/c1-6-17(14(19)20)7-8-18(12-17)13-9-15(2,3)11-16(4,5)10-13/h13H,6-12H2,1-5H3,(H,19,20). The van der Waals surface area contributed by atoms with E-state index in [9.17, 15) is 9.90 Å². The first kappa shape index (κ1) is 15.8. The first-order valence-electron chi connectivity index (χ1n) is 8.07. The minimum absolute atomic E-state index is 0.368. The van der Waals surface area contributed by atoms with E-state index < -0.39 is 11.4 Å². The molecule has 1 saturated carbocycles. The lowest BCUT2D eigenvalue weighted by Crippen LogP contribution is -2.46. The summed E-state index contributed by atoms with van der Waals surface area (Å²) in [7, 11) is 0. The van der Waals surface area contributed by atoms with E-state index in [0.717, 1.165) is 25.9 Å². The number of nitrogens with zero attached hydrogens (tertiary/aromatic N) is 1. The van der Waals surface area contributed by atoms with Gasteiger partial charge in [-0.25, -0.2) is 0 Å². The monoisotopic (exact) mass is 281 g/mol. The van der Waals surface area contributed by atoms with Crippen molar-refractivity contribution in [2.75, 3.05) is 13.1 Å². The van der Waals surface area contributed by atoms with Gasteiger partial charge in [-0.2, -0.15) is 0 Å². The number of rotatable bonds is 3. The summed E-state index contributed by atoms with van der Waals surface area (Å²) in [4.78, 5) is 14.1. The number of carboxylic acid groups (broad SMARTS) is 1. The van der Waals surface area contributed by atoms with Crippen LogP contribution in [-0.2, 0) is 4.79 Å². The van der Waals surface area contributed by atoms with E-state index in [2.05, 4.69) is 32.6 Å². The van der Waals surface area contributed by atoms with Crippen molar-refractivity contribution in [3.8, 4) is 0 Å². The van der Waals surface area contributed by atoms with Gasteiger partial charge in [0, 0.05) is 12.6 Å². The van der Waals surface area contributed by atoms with E-state index in [0.29, 0.717) is 16.9 Å². The van der Waals surface area contributed by atoms with Crippen molar-refractivity contribution in [3.63, 3.8) is 0 Å². The molecule has 1 aliphatic carbocycles. The smallest absolute Gasteiger partial charge is 0.310 e. The average molecular weight is 281 g/mol. The molecule has 2 rings (SSSR count). The van der Waals surface area contributed by atoms with Gasteiger partial charge in [-0.05, 0) is 49.5 Å². The molecule has 116 valence electrons. The molecule has 1 unspecified atom stereocenters. The van der Waals surface area contributed by atoms with Gasteiger partial charge in [0.1, 0.15) is 0 Å². The molecule has 0 radical (unpaired) electrons. The lowest BCUT2D eigenvalue weighted by molar-refractivity contribution is -0.148. The normalized spacial score (nSPS) is 34.2. The second-order valence-electron chi connectivity index (χ2n) is 8.73. The summed E-state index contributed by atoms with van der Waals surface area (Å²) >= 11 is 0. The fourth-order valence-corrected chi connectivity index (χ4v) is 4.88. The highest BCUT2D eigenvalue weighted by Crippen LogP contribution is 2.48. The third-order valence-corrected chi connectivity index (χ3v) is 5.56. The molecule has 2 aliphatic rings. The molecule has 1 heterocycles. The maximum Gasteiger partial charge on any atom is 0.310 e. The fraction of sp³-hybridized carbons (Fsp3) is 0.941. The highest BCUT2D eigenvalue weighted by molar-refractivity contribution is 5.75. The predicted molar refractivity (Wildman–Crippen MR) is 81.8 cm³/mol. The molecule has 0 bridgehead atoms. The first-order chi connectivity index (χ1) is 9.09. The van der Waals surface area contributed by atoms with Crippen LogP contribution in [0.4, 0.5) is 0 Å². The third-order valence-electron chi connectivity index (χ3n) is 5.56. The number of carbonyl (C=O) groups is 1. The number of carboxylic acids is 1. The zero-order valence-corrected chi connectivity index (χ0v) is 13.8. The van der Waals surface area contributed by atoms with Crippen LogP contribution in [0.3, 0.4) is 0 Å². The molecular weight excluding hydrogens is 250 g/mol. The van der Waals surface area contributed by atoms with Crippen LogP contribution in [-0.4, -0.2) is 35.1 Å². The second kappa shape index (κ2) is 5.01. The van der Waals surface area contributed by atoms with Crippen molar-refractivity contribution < 1.29 is 9.90 Å². The molecule has 3 nitrogen and oxygen atoms in total. The Balaban J connectivity index is 2.11. The summed E-state index contributed by atoms with van der Waals surface area (Å²) in [5.74, 6) is -0.600. The molecule has 0 amide bonds. The molecule has 0 aromatic heterocycles. The zero-order chi connectivity index (χ0) is 15.2. The first-order valence-corrected chi connectivity index (χ1v) is 8.07. The topological polar surface area (TPSA) is 40.5 Å². The van der Waals surface area contributed by atoms with Crippen LogP contribution in [0, 0.1) is 16.2 Å². The lowest BCUT2D eigenvalue weighted by atomic mass is 9.63. The maximum atomic E-state index is 11.6. The molecule has 0 aromatic carbocycles. The van der Waals surface area contributed by atoms with Crippen molar-refractivity contribution >= 4 is 5.97 Å². The van der Waals surface area contributed by atoms with Crippen LogP contribution in [0.5, 0.6) is 0 Å². The van der Waals surface area contributed by atoms with Crippen molar-refractivity contribution in [1.82, 2.24) is 4.90 Å². The molecule has 3 heteroatoms. The largest absolute Gasteiger partial charge is 0.481 e. The highest BCUT2D eigenvalue weighted by atomic mass is 16.4. The zero-order valence-electron chi connectivity index (χ0n) is 13.8. The maximum absolute atomic E-state index is 11.6. The number of aliphatic carboxylic acids is 1. The van der Waals surface area contributed by atoms with E-state index in [4.69, 9.17) is 0 Å². The van der Waals surface area contributed by atoms with Gasteiger partial charge in [0.05, 0.1) is 5.41 Å². The molecule has 2 fully saturated rings. The minimum atomic E-state index is -0.600. The van der Waals surface area contributed by atoms with Crippen LogP contribution in [0.2, 0.25) is 0 Å². The molecule has 0 aromatic rings. The van der Waals surface area contributed by atoms with Crippen molar-refractivity contribution in [2.24, 2.45) is 16.2 Å². The summed E-state index contributed by atoms with van der Waals surface area (Å²) in [5, 5.41) is 9.56. The van der Waals surface area contributed by atoms with E-state index in [-0.39, 0.29) is 0 Å². The summed E-state index contributed by atoms with van der Waals surface area (Å²) in [6, 6.07) is 0.557. The van der Waals surface area contributed by atoms with Gasteiger partial charge in [0.2, 0.25) is 0 Å². The Kier molecular flexibility index (Phi) is 3.96. The second-order valence-corrected chi connectivity index (χ2v) is 8.73. The molecule has 20 heavy (non-hydrogen) atoms. The van der Waals surface area contributed by atoms with Crippen LogP contribution in [0.25, 0.3) is 0 Å². The van der Waals surface area contributed by atoms with Crippen molar-refractivity contribution in [1.29, 1.82) is 0 Å². The van der Waals surface area contributed by atoms with Gasteiger partial charge >= 0.3 is 5.97 Å². The summed E-state index contributed by atoms with van der Waals surface area (Å²) < 4.78 is 0. The van der Waals surface area contributed by atoms with Crippen LogP contribution in [0.15, 0.2) is 0 Å². The summed E-state index contributed by atoms with van der Waals surface area (Å²) in [6.45, 7) is 13.2. The number of hydrogen-bond donors (Lipinski definition) is 1. The van der Waals surface area contributed by atoms with E-state index in [1.807, 2.05) is 6.92 Å². The predicted octanol–water partition coefficient (Wildman–Crippen LogP) is 3.78. The quantitative estimate of drug-likeness (QED) is 0.856. The molecule has 1 saturated heterocycles. The van der Waals surface area contributed by atoms with Crippen LogP contribution >= 0.6 is 0 Å².